The van der Waals surface area contributed by atoms with Crippen LogP contribution in [-0.4, -0.2) is 30.2 Å². The van der Waals surface area contributed by atoms with Crippen molar-refractivity contribution in [2.45, 2.75) is 50.2 Å². The quantitative estimate of drug-likeness (QED) is 0.817. The van der Waals surface area contributed by atoms with Crippen molar-refractivity contribution in [3.63, 3.8) is 0 Å². The lowest BCUT2D eigenvalue weighted by atomic mass is 10.1. The molecule has 146 valence electrons. The maximum Gasteiger partial charge on any atom is 0.243 e. The first-order valence-electron chi connectivity index (χ1n) is 8.70. The van der Waals surface area contributed by atoms with Crippen molar-refractivity contribution in [3.8, 4) is 0 Å². The van der Waals surface area contributed by atoms with E-state index in [9.17, 15) is 17.6 Å². The Kier molecular flexibility index (Phi) is 5.14. The number of sulfonamides is 1. The van der Waals surface area contributed by atoms with E-state index >= 15 is 0 Å². The van der Waals surface area contributed by atoms with E-state index in [4.69, 9.17) is 4.42 Å². The molecular formula is C19H23FN2O4S. The molecule has 1 amide bonds. The molecule has 1 aliphatic rings. The monoisotopic (exact) mass is 394 g/mol. The van der Waals surface area contributed by atoms with Gasteiger partial charge in [-0.25, -0.2) is 12.8 Å². The second-order valence-electron chi connectivity index (χ2n) is 7.73. The van der Waals surface area contributed by atoms with Crippen LogP contribution in [0.3, 0.4) is 0 Å². The Morgan fingerprint density at radius 3 is 2.48 bits per heavy atom. The summed E-state index contributed by atoms with van der Waals surface area (Å²) in [6.07, 6.45) is 1.90. The summed E-state index contributed by atoms with van der Waals surface area (Å²) in [6.45, 7) is 5.63. The molecule has 0 saturated heterocycles. The number of benzene rings is 1. The van der Waals surface area contributed by atoms with E-state index in [1.54, 1.807) is 12.1 Å². The third kappa shape index (κ3) is 4.56. The predicted octanol–water partition coefficient (Wildman–Crippen LogP) is 2.91. The molecule has 0 spiro atoms. The Morgan fingerprint density at radius 2 is 1.93 bits per heavy atom. The van der Waals surface area contributed by atoms with Gasteiger partial charge in [-0.05, 0) is 63.6 Å². The van der Waals surface area contributed by atoms with Crippen LogP contribution in [0.25, 0.3) is 0 Å². The average molecular weight is 394 g/mol. The molecule has 1 N–H and O–H groups in total. The topological polar surface area (TPSA) is 79.6 Å². The summed E-state index contributed by atoms with van der Waals surface area (Å²) in [6, 6.07) is 7.56. The molecule has 27 heavy (non-hydrogen) atoms. The molecule has 6 nitrogen and oxygen atoms in total. The highest BCUT2D eigenvalue weighted by molar-refractivity contribution is 7.89. The van der Waals surface area contributed by atoms with E-state index < -0.39 is 33.3 Å². The van der Waals surface area contributed by atoms with Crippen LogP contribution in [0.5, 0.6) is 0 Å². The average Bonchev–Trinajstić information content (AvgIpc) is 3.18. The summed E-state index contributed by atoms with van der Waals surface area (Å²) in [4.78, 5) is 12.4. The first kappa shape index (κ1) is 19.6. The zero-order valence-electron chi connectivity index (χ0n) is 15.5. The van der Waals surface area contributed by atoms with Gasteiger partial charge < -0.3 is 9.73 Å². The van der Waals surface area contributed by atoms with Crippen molar-refractivity contribution in [2.75, 3.05) is 0 Å². The van der Waals surface area contributed by atoms with Gasteiger partial charge in [-0.3, -0.25) is 4.79 Å². The molecule has 1 fully saturated rings. The van der Waals surface area contributed by atoms with Crippen molar-refractivity contribution in [2.24, 2.45) is 5.92 Å². The minimum atomic E-state index is -3.91. The third-order valence-corrected chi connectivity index (χ3v) is 6.16. The fraction of sp³-hybridized carbons (Fsp3) is 0.421. The highest BCUT2D eigenvalue weighted by Crippen LogP contribution is 2.40. The molecule has 0 radical (unpaired) electrons. The van der Waals surface area contributed by atoms with E-state index in [1.807, 2.05) is 20.8 Å². The Hall–Kier alpha value is -2.19. The summed E-state index contributed by atoms with van der Waals surface area (Å²) in [5, 5.41) is 2.89. The van der Waals surface area contributed by atoms with E-state index in [0.717, 1.165) is 12.1 Å². The van der Waals surface area contributed by atoms with Crippen molar-refractivity contribution in [1.29, 1.82) is 0 Å². The van der Waals surface area contributed by atoms with Crippen LogP contribution < -0.4 is 5.32 Å². The number of nitrogens with one attached hydrogen (secondary N) is 1. The SMILES string of the molecule is CC(C)(C)NC(=O)[C@@H]1C[C@H]1N(Cc1ccco1)S(=O)(=O)c1ccc(F)cc1. The molecule has 2 aromatic rings. The number of hydrogen-bond acceptors (Lipinski definition) is 4. The number of furan rings is 1. The first-order valence-corrected chi connectivity index (χ1v) is 10.1. The summed E-state index contributed by atoms with van der Waals surface area (Å²) < 4.78 is 46.0. The molecule has 0 bridgehead atoms. The normalized spacial score (nSPS) is 19.9. The number of nitrogens with zero attached hydrogens (tertiary/aromatic N) is 1. The second-order valence-corrected chi connectivity index (χ2v) is 9.62. The summed E-state index contributed by atoms with van der Waals surface area (Å²) in [7, 11) is -3.91. The zero-order valence-corrected chi connectivity index (χ0v) is 16.3. The molecule has 1 saturated carbocycles. The second kappa shape index (κ2) is 7.09. The van der Waals surface area contributed by atoms with Crippen LogP contribution in [0, 0.1) is 11.7 Å². The fourth-order valence-corrected chi connectivity index (χ4v) is 4.56. The largest absolute Gasteiger partial charge is 0.468 e. The van der Waals surface area contributed by atoms with Crippen LogP contribution >= 0.6 is 0 Å². The molecule has 2 atom stereocenters. The van der Waals surface area contributed by atoms with E-state index in [0.29, 0.717) is 12.2 Å². The standard InChI is InChI=1S/C19H23FN2O4S/c1-19(2,3)21-18(23)16-11-17(16)22(12-14-5-4-10-26-14)27(24,25)15-8-6-13(20)7-9-15/h4-10,16-17H,11-12H2,1-3H3,(H,21,23)/t16-,17-/m1/s1. The zero-order chi connectivity index (χ0) is 19.8. The smallest absolute Gasteiger partial charge is 0.243 e. The summed E-state index contributed by atoms with van der Waals surface area (Å²) in [5.41, 5.74) is -0.397. The van der Waals surface area contributed by atoms with Crippen molar-refractivity contribution >= 4 is 15.9 Å². The summed E-state index contributed by atoms with van der Waals surface area (Å²) in [5.74, 6) is -0.636. The number of hydrogen-bond donors (Lipinski definition) is 1. The first-order chi connectivity index (χ1) is 12.6. The Balaban J connectivity index is 1.86. The molecule has 0 aliphatic heterocycles. The highest BCUT2D eigenvalue weighted by Gasteiger charge is 2.51. The number of carbonyl (C=O) groups is 1. The molecular weight excluding hydrogens is 371 g/mol. The highest BCUT2D eigenvalue weighted by atomic mass is 32.2. The lowest BCUT2D eigenvalue weighted by molar-refractivity contribution is -0.124. The lowest BCUT2D eigenvalue weighted by Gasteiger charge is -2.23. The summed E-state index contributed by atoms with van der Waals surface area (Å²) >= 11 is 0. The number of carbonyl (C=O) groups excluding carboxylic acids is 1. The van der Waals surface area contributed by atoms with Crippen LogP contribution in [0.15, 0.2) is 52.0 Å². The van der Waals surface area contributed by atoms with Gasteiger partial charge in [-0.2, -0.15) is 4.31 Å². The van der Waals surface area contributed by atoms with Crippen LogP contribution in [0.1, 0.15) is 33.0 Å². The molecule has 1 aromatic carbocycles. The third-order valence-electron chi connectivity index (χ3n) is 4.27. The number of rotatable bonds is 6. The molecule has 8 heteroatoms. The Morgan fingerprint density at radius 1 is 1.26 bits per heavy atom. The minimum Gasteiger partial charge on any atom is -0.468 e. The van der Waals surface area contributed by atoms with Gasteiger partial charge in [0.1, 0.15) is 11.6 Å². The van der Waals surface area contributed by atoms with Crippen LogP contribution in [-0.2, 0) is 21.4 Å². The van der Waals surface area contributed by atoms with E-state index in [-0.39, 0.29) is 17.3 Å². The molecule has 1 aromatic heterocycles. The molecule has 1 aliphatic carbocycles. The van der Waals surface area contributed by atoms with Gasteiger partial charge in [0.2, 0.25) is 15.9 Å². The fourth-order valence-electron chi connectivity index (χ4n) is 2.92. The molecule has 1 heterocycles. The van der Waals surface area contributed by atoms with Gasteiger partial charge in [-0.1, -0.05) is 0 Å². The van der Waals surface area contributed by atoms with Crippen molar-refractivity contribution < 1.29 is 22.0 Å². The van der Waals surface area contributed by atoms with Gasteiger partial charge in [-0.15, -0.1) is 0 Å². The van der Waals surface area contributed by atoms with E-state index in [1.165, 1.54) is 22.7 Å². The number of halogens is 1. The lowest BCUT2D eigenvalue weighted by Crippen LogP contribution is -2.43. The maximum absolute atomic E-state index is 13.2. The molecule has 0 unspecified atom stereocenters. The van der Waals surface area contributed by atoms with Gasteiger partial charge in [0.05, 0.1) is 23.6 Å². The van der Waals surface area contributed by atoms with Gasteiger partial charge in [0, 0.05) is 11.6 Å². The van der Waals surface area contributed by atoms with Crippen LogP contribution in [0.2, 0.25) is 0 Å². The maximum atomic E-state index is 13.2. The van der Waals surface area contributed by atoms with Gasteiger partial charge >= 0.3 is 0 Å². The number of amides is 1. The Bertz CT molecular complexity index is 902. The van der Waals surface area contributed by atoms with Gasteiger partial charge in [0.25, 0.3) is 0 Å². The van der Waals surface area contributed by atoms with Crippen molar-refractivity contribution in [3.05, 3.63) is 54.2 Å². The van der Waals surface area contributed by atoms with Gasteiger partial charge in [0.15, 0.2) is 0 Å². The minimum absolute atomic E-state index is 0.0106. The van der Waals surface area contributed by atoms with E-state index in [2.05, 4.69) is 5.32 Å². The Labute approximate surface area is 158 Å². The van der Waals surface area contributed by atoms with Crippen LogP contribution in [0.4, 0.5) is 4.39 Å². The molecule has 3 rings (SSSR count). The van der Waals surface area contributed by atoms with Crippen molar-refractivity contribution in [1.82, 2.24) is 9.62 Å². The predicted molar refractivity (Wildman–Crippen MR) is 97.6 cm³/mol.